The molecule has 1 saturated heterocycles. The molecular formula is C16H29N5O5. The Morgan fingerprint density at radius 3 is 1.88 bits per heavy atom. The van der Waals surface area contributed by atoms with E-state index < -0.39 is 18.2 Å². The van der Waals surface area contributed by atoms with E-state index in [1.54, 1.807) is 7.05 Å². The van der Waals surface area contributed by atoms with Gasteiger partial charge in [0.2, 0.25) is 11.8 Å². The molecule has 5 amide bonds. The zero-order valence-electron chi connectivity index (χ0n) is 15.4. The van der Waals surface area contributed by atoms with Crippen molar-refractivity contribution in [2.75, 3.05) is 27.2 Å². The van der Waals surface area contributed by atoms with Crippen LogP contribution in [-0.4, -0.2) is 63.3 Å². The van der Waals surface area contributed by atoms with Crippen LogP contribution in [0.5, 0.6) is 0 Å². The number of ether oxygens (including phenoxy) is 1. The molecule has 0 spiro atoms. The number of amides is 5. The Labute approximate surface area is 153 Å². The Bertz CT molecular complexity index is 455. The zero-order chi connectivity index (χ0) is 19.4. The van der Waals surface area contributed by atoms with Crippen LogP contribution in [-0.2, 0) is 14.3 Å². The van der Waals surface area contributed by atoms with Crippen molar-refractivity contribution in [3.8, 4) is 0 Å². The van der Waals surface area contributed by atoms with E-state index in [4.69, 9.17) is 0 Å². The average Bonchev–Trinajstić information content (AvgIpc) is 2.63. The highest BCUT2D eigenvalue weighted by atomic mass is 16.5. The summed E-state index contributed by atoms with van der Waals surface area (Å²) in [6.45, 7) is 0.978. The molecule has 0 bridgehead atoms. The summed E-state index contributed by atoms with van der Waals surface area (Å²) in [7, 11) is 2.84. The predicted octanol–water partition coefficient (Wildman–Crippen LogP) is -0.405. The highest BCUT2D eigenvalue weighted by Gasteiger charge is 2.32. The van der Waals surface area contributed by atoms with Gasteiger partial charge in [0, 0.05) is 20.1 Å². The highest BCUT2D eigenvalue weighted by molar-refractivity contribution is 5.96. The van der Waals surface area contributed by atoms with Crippen LogP contribution in [0.2, 0.25) is 0 Å². The zero-order valence-corrected chi connectivity index (χ0v) is 15.4. The quantitative estimate of drug-likeness (QED) is 0.333. The second-order valence-electron chi connectivity index (χ2n) is 6.04. The molecular weight excluding hydrogens is 342 g/mol. The van der Waals surface area contributed by atoms with Crippen LogP contribution >= 0.6 is 0 Å². The Morgan fingerprint density at radius 2 is 1.42 bits per heavy atom. The first-order valence-corrected chi connectivity index (χ1v) is 8.86. The predicted molar refractivity (Wildman–Crippen MR) is 94.4 cm³/mol. The van der Waals surface area contributed by atoms with Crippen LogP contribution in [0.3, 0.4) is 0 Å². The number of hydrogen-bond donors (Lipinski definition) is 5. The highest BCUT2D eigenvalue weighted by Crippen LogP contribution is 2.10. The number of carbonyl (C=O) groups excluding carboxylic acids is 4. The van der Waals surface area contributed by atoms with E-state index in [9.17, 15) is 19.2 Å². The maximum absolute atomic E-state index is 12.1. The average molecular weight is 371 g/mol. The number of urea groups is 1. The normalized spacial score (nSPS) is 19.2. The molecule has 0 radical (unpaired) electrons. The second-order valence-corrected chi connectivity index (χ2v) is 6.04. The molecule has 0 saturated carbocycles. The van der Waals surface area contributed by atoms with Gasteiger partial charge < -0.3 is 31.3 Å². The summed E-state index contributed by atoms with van der Waals surface area (Å²) in [5.74, 6) is -0.361. The Balaban J connectivity index is 2.19. The van der Waals surface area contributed by atoms with Gasteiger partial charge in [-0.25, -0.2) is 9.59 Å². The summed E-state index contributed by atoms with van der Waals surface area (Å²) in [5, 5.41) is 13.2. The number of nitrogens with one attached hydrogen (secondary N) is 5. The lowest BCUT2D eigenvalue weighted by molar-refractivity contribution is -0.137. The van der Waals surface area contributed by atoms with Gasteiger partial charge in [-0.05, 0) is 38.5 Å². The Morgan fingerprint density at radius 1 is 0.923 bits per heavy atom. The molecule has 0 aromatic heterocycles. The largest absolute Gasteiger partial charge is 0.453 e. The van der Waals surface area contributed by atoms with Gasteiger partial charge in [0.15, 0.2) is 0 Å². The van der Waals surface area contributed by atoms with Crippen LogP contribution in [0.1, 0.15) is 38.5 Å². The van der Waals surface area contributed by atoms with Crippen molar-refractivity contribution in [1.29, 1.82) is 0 Å². The summed E-state index contributed by atoms with van der Waals surface area (Å²) < 4.78 is 4.46. The molecule has 0 aliphatic carbocycles. The van der Waals surface area contributed by atoms with Crippen LogP contribution in [0.25, 0.3) is 0 Å². The van der Waals surface area contributed by atoms with Crippen molar-refractivity contribution in [2.24, 2.45) is 0 Å². The molecule has 1 fully saturated rings. The van der Waals surface area contributed by atoms with Crippen LogP contribution in [0, 0.1) is 0 Å². The van der Waals surface area contributed by atoms with Gasteiger partial charge in [0.05, 0.1) is 7.11 Å². The van der Waals surface area contributed by atoms with E-state index in [0.717, 1.165) is 6.42 Å². The van der Waals surface area contributed by atoms with E-state index in [0.29, 0.717) is 45.2 Å². The standard InChI is InChI=1S/C16H29N5O5/c1-17-15(24)18-9-5-3-7-11-13(22)21-12(14(23)20-11)8-4-6-10-19-16(25)26-2/h11-12H,3-10H2,1-2H3,(H,19,25)(H,20,23)(H,21,22)(H2,17,18,24). The Hall–Kier alpha value is -2.52. The molecule has 2 unspecified atom stereocenters. The fourth-order valence-corrected chi connectivity index (χ4v) is 2.58. The monoisotopic (exact) mass is 371 g/mol. The van der Waals surface area contributed by atoms with Crippen molar-refractivity contribution in [3.63, 3.8) is 0 Å². The summed E-state index contributed by atoms with van der Waals surface area (Å²) in [4.78, 5) is 46.1. The van der Waals surface area contributed by atoms with Gasteiger partial charge in [-0.1, -0.05) is 0 Å². The number of piperazine rings is 1. The summed E-state index contributed by atoms with van der Waals surface area (Å²) in [6.07, 6.45) is 3.39. The number of methoxy groups -OCH3 is 1. The minimum absolute atomic E-state index is 0.179. The minimum atomic E-state index is -0.535. The van der Waals surface area contributed by atoms with Gasteiger partial charge in [-0.3, -0.25) is 9.59 Å². The van der Waals surface area contributed by atoms with Crippen molar-refractivity contribution in [1.82, 2.24) is 26.6 Å². The topological polar surface area (TPSA) is 138 Å². The molecule has 10 nitrogen and oxygen atoms in total. The second kappa shape index (κ2) is 11.9. The van der Waals surface area contributed by atoms with Crippen LogP contribution in [0.15, 0.2) is 0 Å². The smallest absolute Gasteiger partial charge is 0.406 e. The molecule has 1 aliphatic rings. The van der Waals surface area contributed by atoms with Crippen molar-refractivity contribution in [2.45, 2.75) is 50.6 Å². The number of alkyl carbamates (subject to hydrolysis) is 1. The Kier molecular flexibility index (Phi) is 9.88. The molecule has 1 aliphatic heterocycles. The van der Waals surface area contributed by atoms with Gasteiger partial charge in [0.1, 0.15) is 12.1 Å². The lowest BCUT2D eigenvalue weighted by Gasteiger charge is -2.29. The number of rotatable bonds is 10. The van der Waals surface area contributed by atoms with Crippen molar-refractivity contribution < 1.29 is 23.9 Å². The van der Waals surface area contributed by atoms with Crippen LogP contribution < -0.4 is 26.6 Å². The number of hydrogen-bond acceptors (Lipinski definition) is 5. The van der Waals surface area contributed by atoms with E-state index in [1.165, 1.54) is 7.11 Å². The first-order valence-electron chi connectivity index (χ1n) is 8.86. The third kappa shape index (κ3) is 8.04. The van der Waals surface area contributed by atoms with E-state index >= 15 is 0 Å². The first kappa shape index (κ1) is 21.5. The summed E-state index contributed by atoms with van der Waals surface area (Å²) in [5.41, 5.74) is 0. The molecule has 0 aromatic carbocycles. The third-order valence-electron chi connectivity index (χ3n) is 4.07. The number of carbonyl (C=O) groups is 4. The number of unbranched alkanes of at least 4 members (excludes halogenated alkanes) is 2. The fraction of sp³-hybridized carbons (Fsp3) is 0.750. The van der Waals surface area contributed by atoms with Crippen molar-refractivity contribution in [3.05, 3.63) is 0 Å². The lowest BCUT2D eigenvalue weighted by Crippen LogP contribution is -2.61. The van der Waals surface area contributed by atoms with Crippen molar-refractivity contribution >= 4 is 23.9 Å². The third-order valence-corrected chi connectivity index (χ3v) is 4.07. The van der Waals surface area contributed by atoms with Gasteiger partial charge in [-0.2, -0.15) is 0 Å². The van der Waals surface area contributed by atoms with E-state index in [2.05, 4.69) is 31.3 Å². The molecule has 148 valence electrons. The van der Waals surface area contributed by atoms with Gasteiger partial charge in [0.25, 0.3) is 0 Å². The molecule has 10 heteroatoms. The molecule has 26 heavy (non-hydrogen) atoms. The summed E-state index contributed by atoms with van der Waals surface area (Å²) >= 11 is 0. The molecule has 1 heterocycles. The molecule has 2 atom stereocenters. The van der Waals surface area contributed by atoms with E-state index in [1.807, 2.05) is 0 Å². The summed E-state index contributed by atoms with van der Waals surface area (Å²) in [6, 6.07) is -1.30. The SMILES string of the molecule is CNC(=O)NCCCCC1NC(=O)C(CCCCNC(=O)OC)NC1=O. The maximum Gasteiger partial charge on any atom is 0.406 e. The minimum Gasteiger partial charge on any atom is -0.453 e. The van der Waals surface area contributed by atoms with Crippen LogP contribution in [0.4, 0.5) is 9.59 Å². The lowest BCUT2D eigenvalue weighted by atomic mass is 10.0. The van der Waals surface area contributed by atoms with E-state index in [-0.39, 0.29) is 17.8 Å². The molecule has 1 rings (SSSR count). The molecule has 5 N–H and O–H groups in total. The van der Waals surface area contributed by atoms with Gasteiger partial charge in [-0.15, -0.1) is 0 Å². The maximum atomic E-state index is 12.1. The first-order chi connectivity index (χ1) is 12.5. The fourth-order valence-electron chi connectivity index (χ4n) is 2.58. The van der Waals surface area contributed by atoms with Gasteiger partial charge >= 0.3 is 12.1 Å². The molecule has 0 aromatic rings.